The summed E-state index contributed by atoms with van der Waals surface area (Å²) in [4.78, 5) is 12.0. The van der Waals surface area contributed by atoms with Crippen LogP contribution < -0.4 is 4.74 Å². The molecule has 0 bridgehead atoms. The third-order valence-electron chi connectivity index (χ3n) is 4.39. The fourth-order valence-electron chi connectivity index (χ4n) is 2.63. The molecule has 4 nitrogen and oxygen atoms in total. The molecule has 0 atom stereocenters. The molecule has 3 rings (SSSR count). The normalized spacial score (nSPS) is 14.3. The average Bonchev–Trinajstić information content (AvgIpc) is 3.48. The summed E-state index contributed by atoms with van der Waals surface area (Å²) in [6.45, 7) is 0.527. The number of phenols is 1. The highest BCUT2D eigenvalue weighted by Crippen LogP contribution is 2.34. The molecule has 28 heavy (non-hydrogen) atoms. The van der Waals surface area contributed by atoms with Crippen molar-refractivity contribution in [1.82, 2.24) is 0 Å². The van der Waals surface area contributed by atoms with Crippen LogP contribution in [0.5, 0.6) is 11.5 Å². The number of halogens is 3. The number of phenolic OH excluding ortho intramolecular Hbond substituents is 1. The van der Waals surface area contributed by atoms with Crippen LogP contribution in [0.1, 0.15) is 39.9 Å². The van der Waals surface area contributed by atoms with E-state index in [2.05, 4.69) is 0 Å². The van der Waals surface area contributed by atoms with E-state index in [1.807, 2.05) is 0 Å². The molecule has 0 heterocycles. The van der Waals surface area contributed by atoms with Crippen molar-refractivity contribution in [3.8, 4) is 11.5 Å². The quantitative estimate of drug-likeness (QED) is 0.545. The summed E-state index contributed by atoms with van der Waals surface area (Å²) in [6.07, 6.45) is 0.879. The molecule has 2 aromatic rings. The van der Waals surface area contributed by atoms with Crippen LogP contribution in [0.2, 0.25) is 0 Å². The summed E-state index contributed by atoms with van der Waals surface area (Å²) in [7, 11) is 1.20. The van der Waals surface area contributed by atoms with Gasteiger partial charge in [0.25, 0.3) is 0 Å². The summed E-state index contributed by atoms with van der Waals surface area (Å²) in [6, 6.07) is 7.55. The molecule has 0 radical (unpaired) electrons. The Morgan fingerprint density at radius 1 is 1.18 bits per heavy atom. The number of hydrogen-bond acceptors (Lipinski definition) is 4. The Morgan fingerprint density at radius 3 is 2.43 bits per heavy atom. The number of esters is 1. The van der Waals surface area contributed by atoms with Crippen molar-refractivity contribution in [2.45, 2.75) is 19.0 Å². The van der Waals surface area contributed by atoms with Crippen molar-refractivity contribution in [2.24, 2.45) is 5.92 Å². The number of rotatable bonds is 6. The van der Waals surface area contributed by atoms with Crippen LogP contribution in [0.4, 0.5) is 13.2 Å². The largest absolute Gasteiger partial charge is 0.507 e. The van der Waals surface area contributed by atoms with Crippen molar-refractivity contribution < 1.29 is 32.5 Å². The predicted octanol–water partition coefficient (Wildman–Crippen LogP) is 5.16. The van der Waals surface area contributed by atoms with E-state index in [-0.39, 0.29) is 11.3 Å². The zero-order valence-corrected chi connectivity index (χ0v) is 15.1. The molecule has 1 aliphatic rings. The Kier molecular flexibility index (Phi) is 5.63. The Balaban J connectivity index is 1.88. The maximum Gasteiger partial charge on any atom is 0.416 e. The van der Waals surface area contributed by atoms with Gasteiger partial charge in [-0.15, -0.1) is 0 Å². The van der Waals surface area contributed by atoms with Crippen LogP contribution in [-0.4, -0.2) is 24.8 Å². The average molecular weight is 392 g/mol. The molecule has 2 aromatic carbocycles. The third-order valence-corrected chi connectivity index (χ3v) is 4.39. The lowest BCUT2D eigenvalue weighted by Crippen LogP contribution is -2.06. The first-order valence-corrected chi connectivity index (χ1v) is 8.71. The number of aromatic hydroxyl groups is 1. The van der Waals surface area contributed by atoms with Crippen molar-refractivity contribution in [1.29, 1.82) is 0 Å². The van der Waals surface area contributed by atoms with Gasteiger partial charge < -0.3 is 14.6 Å². The van der Waals surface area contributed by atoms with Crippen LogP contribution >= 0.6 is 0 Å². The maximum absolute atomic E-state index is 12.7. The minimum absolute atomic E-state index is 0.0376. The van der Waals surface area contributed by atoms with Crippen molar-refractivity contribution in [3.63, 3.8) is 0 Å². The molecule has 1 aliphatic carbocycles. The van der Waals surface area contributed by atoms with Gasteiger partial charge in [-0.25, -0.2) is 4.79 Å². The van der Waals surface area contributed by atoms with Gasteiger partial charge in [0.2, 0.25) is 0 Å². The lowest BCUT2D eigenvalue weighted by molar-refractivity contribution is -0.137. The molecule has 0 unspecified atom stereocenters. The molecule has 0 spiro atoms. The first-order chi connectivity index (χ1) is 13.3. The van der Waals surface area contributed by atoms with Gasteiger partial charge in [-0.05, 0) is 48.1 Å². The molecular formula is C21H19F3O4. The molecule has 1 saturated carbocycles. The molecular weight excluding hydrogens is 373 g/mol. The number of hydrogen-bond donors (Lipinski definition) is 1. The summed E-state index contributed by atoms with van der Waals surface area (Å²) in [5, 5.41) is 10.2. The number of benzene rings is 2. The van der Waals surface area contributed by atoms with E-state index in [9.17, 15) is 23.1 Å². The molecule has 0 amide bonds. The summed E-state index contributed by atoms with van der Waals surface area (Å²) in [5.41, 5.74) is 0.0719. The standard InChI is InChI=1S/C21H19F3O4/c1-27-20(26)19-15(10-17(11-18(19)25)28-12-14-2-3-14)7-4-13-5-8-16(9-6-13)21(22,23)24/h4-11,14,25H,2-3,12H2,1H3. The van der Waals surface area contributed by atoms with E-state index >= 15 is 0 Å². The van der Waals surface area contributed by atoms with Gasteiger partial charge in [0, 0.05) is 6.07 Å². The van der Waals surface area contributed by atoms with E-state index in [0.29, 0.717) is 29.4 Å². The zero-order chi connectivity index (χ0) is 20.3. The number of carbonyl (C=O) groups is 1. The van der Waals surface area contributed by atoms with Crippen LogP contribution in [-0.2, 0) is 10.9 Å². The Labute approximate surface area is 160 Å². The second kappa shape index (κ2) is 7.96. The highest BCUT2D eigenvalue weighted by atomic mass is 19.4. The molecule has 1 fully saturated rings. The third kappa shape index (κ3) is 4.85. The monoisotopic (exact) mass is 392 g/mol. The molecule has 0 aromatic heterocycles. The molecule has 0 aliphatic heterocycles. The minimum Gasteiger partial charge on any atom is -0.507 e. The summed E-state index contributed by atoms with van der Waals surface area (Å²) >= 11 is 0. The van der Waals surface area contributed by atoms with Gasteiger partial charge in [-0.2, -0.15) is 13.2 Å². The zero-order valence-electron chi connectivity index (χ0n) is 15.1. The van der Waals surface area contributed by atoms with Crippen molar-refractivity contribution >= 4 is 18.1 Å². The highest BCUT2D eigenvalue weighted by Gasteiger charge is 2.29. The van der Waals surface area contributed by atoms with E-state index in [1.165, 1.54) is 31.4 Å². The Hall–Kier alpha value is -2.96. The van der Waals surface area contributed by atoms with Gasteiger partial charge in [-0.3, -0.25) is 0 Å². The smallest absolute Gasteiger partial charge is 0.416 e. The Bertz CT molecular complexity index is 882. The lowest BCUT2D eigenvalue weighted by Gasteiger charge is -2.11. The number of methoxy groups -OCH3 is 1. The SMILES string of the molecule is COC(=O)c1c(O)cc(OCC2CC2)cc1C=Cc1ccc(C(F)(F)F)cc1. The minimum atomic E-state index is -4.40. The van der Waals surface area contributed by atoms with Crippen molar-refractivity contribution in [3.05, 3.63) is 58.7 Å². The first-order valence-electron chi connectivity index (χ1n) is 8.71. The van der Waals surface area contributed by atoms with Crippen LogP contribution in [0, 0.1) is 5.92 Å². The molecule has 148 valence electrons. The maximum atomic E-state index is 12.7. The first kappa shape index (κ1) is 19.8. The van der Waals surface area contributed by atoms with Gasteiger partial charge in [0.05, 0.1) is 19.3 Å². The van der Waals surface area contributed by atoms with Gasteiger partial charge in [0.1, 0.15) is 17.1 Å². The molecule has 0 saturated heterocycles. The predicted molar refractivity (Wildman–Crippen MR) is 98.0 cm³/mol. The fourth-order valence-corrected chi connectivity index (χ4v) is 2.63. The number of alkyl halides is 3. The fraction of sp³-hybridized carbons (Fsp3) is 0.286. The molecule has 7 heteroatoms. The topological polar surface area (TPSA) is 55.8 Å². The van der Waals surface area contributed by atoms with E-state index in [0.717, 1.165) is 25.0 Å². The Morgan fingerprint density at radius 2 is 1.86 bits per heavy atom. The number of ether oxygens (including phenoxy) is 2. The van der Waals surface area contributed by atoms with E-state index < -0.39 is 17.7 Å². The van der Waals surface area contributed by atoms with Gasteiger partial charge >= 0.3 is 12.1 Å². The highest BCUT2D eigenvalue weighted by molar-refractivity contribution is 5.98. The molecule has 1 N–H and O–H groups in total. The summed E-state index contributed by atoms with van der Waals surface area (Å²) in [5.74, 6) is -0.0942. The van der Waals surface area contributed by atoms with Crippen LogP contribution in [0.15, 0.2) is 36.4 Å². The van der Waals surface area contributed by atoms with Gasteiger partial charge in [0.15, 0.2) is 0 Å². The van der Waals surface area contributed by atoms with E-state index in [1.54, 1.807) is 12.1 Å². The number of carbonyl (C=O) groups excluding carboxylic acids is 1. The van der Waals surface area contributed by atoms with Crippen molar-refractivity contribution in [2.75, 3.05) is 13.7 Å². The second-order valence-corrected chi connectivity index (χ2v) is 6.61. The van der Waals surface area contributed by atoms with Crippen LogP contribution in [0.3, 0.4) is 0 Å². The second-order valence-electron chi connectivity index (χ2n) is 6.61. The lowest BCUT2D eigenvalue weighted by atomic mass is 10.0. The van der Waals surface area contributed by atoms with Gasteiger partial charge in [-0.1, -0.05) is 24.3 Å². The van der Waals surface area contributed by atoms with E-state index in [4.69, 9.17) is 9.47 Å². The van der Waals surface area contributed by atoms with Crippen LogP contribution in [0.25, 0.3) is 12.2 Å². The summed E-state index contributed by atoms with van der Waals surface area (Å²) < 4.78 is 48.4.